The third kappa shape index (κ3) is 4.65. The van der Waals surface area contributed by atoms with Crippen LogP contribution in [0.2, 0.25) is 0 Å². The minimum absolute atomic E-state index is 0. The Labute approximate surface area is 168 Å². The molecule has 1 aliphatic rings. The predicted octanol–water partition coefficient (Wildman–Crippen LogP) is 3.43. The van der Waals surface area contributed by atoms with Crippen LogP contribution in [-0.2, 0) is 9.53 Å². The lowest BCUT2D eigenvalue weighted by molar-refractivity contribution is -0.137. The summed E-state index contributed by atoms with van der Waals surface area (Å²) >= 11 is 1.52. The van der Waals surface area contributed by atoms with Crippen molar-refractivity contribution in [3.63, 3.8) is 0 Å². The van der Waals surface area contributed by atoms with Crippen molar-refractivity contribution in [3.05, 3.63) is 54.0 Å². The molecule has 28 heavy (non-hydrogen) atoms. The van der Waals surface area contributed by atoms with Crippen LogP contribution in [0.25, 0.3) is 11.3 Å². The number of nitrogens with zero attached hydrogens (tertiary/aromatic N) is 3. The second-order valence-corrected chi connectivity index (χ2v) is 7.04. The normalized spacial score (nSPS) is 13.9. The number of carbonyl (C=O) groups is 1. The second-order valence-electron chi connectivity index (χ2n) is 6.18. The highest BCUT2D eigenvalue weighted by atomic mass is 32.1. The Balaban J connectivity index is 0.00000240. The molecule has 3 aromatic rings. The summed E-state index contributed by atoms with van der Waals surface area (Å²) in [5.74, 6) is 1.40. The number of carbonyl (C=O) groups excluding carboxylic acids is 1. The van der Waals surface area contributed by atoms with Crippen molar-refractivity contribution >= 4 is 28.2 Å². The molecular formula is C20H22N4O3S. The molecule has 0 radical (unpaired) electrons. The van der Waals surface area contributed by atoms with Gasteiger partial charge in [-0.3, -0.25) is 4.79 Å². The summed E-state index contributed by atoms with van der Waals surface area (Å²) in [4.78, 5) is 22.7. The molecule has 1 aromatic carbocycles. The van der Waals surface area contributed by atoms with Gasteiger partial charge < -0.3 is 19.7 Å². The number of aromatic nitrogens is 2. The van der Waals surface area contributed by atoms with Crippen molar-refractivity contribution < 1.29 is 15.7 Å². The fraction of sp³-hybridized carbons (Fsp3) is 0.250. The Morgan fingerprint density at radius 1 is 1.21 bits per heavy atom. The number of thiazole rings is 1. The van der Waals surface area contributed by atoms with E-state index in [2.05, 4.69) is 15.3 Å². The average Bonchev–Trinajstić information content (AvgIpc) is 3.22. The highest BCUT2D eigenvalue weighted by Crippen LogP contribution is 2.27. The van der Waals surface area contributed by atoms with E-state index in [0.717, 1.165) is 22.2 Å². The molecule has 1 aliphatic heterocycles. The van der Waals surface area contributed by atoms with Crippen LogP contribution in [0, 0.1) is 0 Å². The smallest absolute Gasteiger partial charge is 0.260 e. The van der Waals surface area contributed by atoms with Gasteiger partial charge >= 0.3 is 0 Å². The first-order chi connectivity index (χ1) is 13.8. The SMILES string of the molecule is O=C(COc1ccc(-c2csc(Nc3ccccn3)n2)cc1)N1CCOCC1.[HH]. The number of nitrogens with one attached hydrogen (secondary N) is 1. The third-order valence-corrected chi connectivity index (χ3v) is 5.04. The molecule has 1 N–H and O–H groups in total. The van der Waals surface area contributed by atoms with Crippen molar-refractivity contribution in [1.29, 1.82) is 0 Å². The number of hydrogen-bond acceptors (Lipinski definition) is 7. The number of morpholine rings is 1. The van der Waals surface area contributed by atoms with Gasteiger partial charge in [0.25, 0.3) is 5.91 Å². The molecule has 2 aromatic heterocycles. The molecule has 0 spiro atoms. The molecule has 0 bridgehead atoms. The topological polar surface area (TPSA) is 76.6 Å². The average molecular weight is 398 g/mol. The van der Waals surface area contributed by atoms with Gasteiger partial charge in [0, 0.05) is 31.7 Å². The molecule has 0 atom stereocenters. The minimum atomic E-state index is -0.0166. The van der Waals surface area contributed by atoms with E-state index in [4.69, 9.17) is 9.47 Å². The summed E-state index contributed by atoms with van der Waals surface area (Å²) in [5, 5.41) is 5.96. The van der Waals surface area contributed by atoms with Crippen LogP contribution >= 0.6 is 11.3 Å². The lowest BCUT2D eigenvalue weighted by Gasteiger charge is -2.26. The molecule has 146 valence electrons. The molecule has 1 saturated heterocycles. The van der Waals surface area contributed by atoms with Gasteiger partial charge in [0.05, 0.1) is 18.9 Å². The van der Waals surface area contributed by atoms with Crippen molar-refractivity contribution in [2.24, 2.45) is 0 Å². The molecular weight excluding hydrogens is 376 g/mol. The van der Waals surface area contributed by atoms with Crippen LogP contribution in [0.5, 0.6) is 5.75 Å². The summed E-state index contributed by atoms with van der Waals surface area (Å²) in [6, 6.07) is 13.3. The zero-order valence-electron chi connectivity index (χ0n) is 15.2. The molecule has 3 heterocycles. The summed E-state index contributed by atoms with van der Waals surface area (Å²) in [7, 11) is 0. The van der Waals surface area contributed by atoms with Crippen LogP contribution in [-0.4, -0.2) is 53.7 Å². The monoisotopic (exact) mass is 398 g/mol. The van der Waals surface area contributed by atoms with E-state index in [0.29, 0.717) is 32.1 Å². The third-order valence-electron chi connectivity index (χ3n) is 4.28. The van der Waals surface area contributed by atoms with Gasteiger partial charge in [-0.05, 0) is 36.4 Å². The van der Waals surface area contributed by atoms with Crippen LogP contribution in [0.3, 0.4) is 0 Å². The standard InChI is InChI=1S/C20H20N4O3S.H2/c25-19(24-9-11-26-12-10-24)13-27-16-6-4-15(5-7-16)17-14-28-20(22-17)23-18-3-1-2-8-21-18;/h1-8,14H,9-13H2,(H,21,22,23);1H. The molecule has 7 nitrogen and oxygen atoms in total. The van der Waals surface area contributed by atoms with Crippen molar-refractivity contribution in [3.8, 4) is 17.0 Å². The van der Waals surface area contributed by atoms with E-state index in [1.807, 2.05) is 47.8 Å². The summed E-state index contributed by atoms with van der Waals surface area (Å²) in [5.41, 5.74) is 1.86. The molecule has 1 fully saturated rings. The molecule has 1 amide bonds. The van der Waals surface area contributed by atoms with E-state index in [1.54, 1.807) is 11.1 Å². The number of rotatable bonds is 6. The van der Waals surface area contributed by atoms with E-state index in [9.17, 15) is 4.79 Å². The maximum atomic E-state index is 12.1. The zero-order chi connectivity index (χ0) is 19.2. The zero-order valence-corrected chi connectivity index (χ0v) is 16.0. The summed E-state index contributed by atoms with van der Waals surface area (Å²) in [6.45, 7) is 2.46. The number of pyridine rings is 1. The number of ether oxygens (including phenoxy) is 2. The number of anilines is 2. The Kier molecular flexibility index (Phi) is 5.79. The summed E-state index contributed by atoms with van der Waals surface area (Å²) in [6.07, 6.45) is 1.74. The molecule has 0 saturated carbocycles. The van der Waals surface area contributed by atoms with Gasteiger partial charge in [-0.2, -0.15) is 0 Å². The highest BCUT2D eigenvalue weighted by Gasteiger charge is 2.17. The quantitative estimate of drug-likeness (QED) is 0.686. The largest absolute Gasteiger partial charge is 0.484 e. The fourth-order valence-corrected chi connectivity index (χ4v) is 3.51. The van der Waals surface area contributed by atoms with Gasteiger partial charge in [-0.1, -0.05) is 6.07 Å². The Hall–Kier alpha value is -2.97. The first kappa shape index (κ1) is 18.4. The lowest BCUT2D eigenvalue weighted by Crippen LogP contribution is -2.42. The fourth-order valence-electron chi connectivity index (χ4n) is 2.78. The summed E-state index contributed by atoms with van der Waals surface area (Å²) < 4.78 is 10.9. The Morgan fingerprint density at radius 2 is 2.04 bits per heavy atom. The van der Waals surface area contributed by atoms with Crippen LogP contribution in [0.15, 0.2) is 54.0 Å². The number of benzene rings is 1. The van der Waals surface area contributed by atoms with Crippen molar-refractivity contribution in [2.45, 2.75) is 0 Å². The molecule has 0 aliphatic carbocycles. The van der Waals surface area contributed by atoms with E-state index < -0.39 is 0 Å². The van der Waals surface area contributed by atoms with Crippen LogP contribution in [0.4, 0.5) is 10.9 Å². The van der Waals surface area contributed by atoms with E-state index >= 15 is 0 Å². The maximum absolute atomic E-state index is 12.1. The number of hydrogen-bond donors (Lipinski definition) is 1. The van der Waals surface area contributed by atoms with Crippen molar-refractivity contribution in [1.82, 2.24) is 14.9 Å². The lowest BCUT2D eigenvalue weighted by atomic mass is 10.2. The van der Waals surface area contributed by atoms with Crippen molar-refractivity contribution in [2.75, 3.05) is 38.2 Å². The van der Waals surface area contributed by atoms with Crippen LogP contribution in [0.1, 0.15) is 1.43 Å². The molecule has 0 unspecified atom stereocenters. The molecule has 8 heteroatoms. The van der Waals surface area contributed by atoms with E-state index in [1.165, 1.54) is 11.3 Å². The predicted molar refractivity (Wildman–Crippen MR) is 110 cm³/mol. The second kappa shape index (κ2) is 8.81. The first-order valence-electron chi connectivity index (χ1n) is 9.00. The molecule has 4 rings (SSSR count). The highest BCUT2D eigenvalue weighted by molar-refractivity contribution is 7.14. The van der Waals surface area contributed by atoms with Gasteiger partial charge in [-0.15, -0.1) is 11.3 Å². The minimum Gasteiger partial charge on any atom is -0.484 e. The van der Waals surface area contributed by atoms with Gasteiger partial charge in [-0.25, -0.2) is 9.97 Å². The number of amides is 1. The van der Waals surface area contributed by atoms with E-state index in [-0.39, 0.29) is 13.9 Å². The van der Waals surface area contributed by atoms with Gasteiger partial charge in [0.2, 0.25) is 0 Å². The van der Waals surface area contributed by atoms with Crippen LogP contribution < -0.4 is 10.1 Å². The Morgan fingerprint density at radius 3 is 2.79 bits per heavy atom. The Bertz CT molecular complexity index is 915. The maximum Gasteiger partial charge on any atom is 0.260 e. The van der Waals surface area contributed by atoms with Gasteiger partial charge in [0.1, 0.15) is 11.6 Å². The first-order valence-corrected chi connectivity index (χ1v) is 9.88. The van der Waals surface area contributed by atoms with Gasteiger partial charge in [0.15, 0.2) is 11.7 Å².